The van der Waals surface area contributed by atoms with Gasteiger partial charge in [-0.05, 0) is 37.5 Å². The van der Waals surface area contributed by atoms with Gasteiger partial charge in [0.25, 0.3) is 0 Å². The topological polar surface area (TPSA) is 64.3 Å². The van der Waals surface area contributed by atoms with Crippen molar-refractivity contribution in [2.24, 2.45) is 5.73 Å². The second kappa shape index (κ2) is 7.70. The number of benzene rings is 1. The van der Waals surface area contributed by atoms with Crippen LogP contribution in [0.2, 0.25) is 10.0 Å². The number of anilines is 1. The molecule has 0 saturated carbocycles. The quantitative estimate of drug-likeness (QED) is 0.794. The van der Waals surface area contributed by atoms with E-state index in [0.717, 1.165) is 12.0 Å². The molecule has 106 valence electrons. The van der Waals surface area contributed by atoms with Crippen molar-refractivity contribution in [2.45, 2.75) is 25.8 Å². The van der Waals surface area contributed by atoms with Crippen LogP contribution in [-0.2, 0) is 9.53 Å². The molecular weight excluding hydrogens is 287 g/mol. The first kappa shape index (κ1) is 16.2. The van der Waals surface area contributed by atoms with Crippen LogP contribution < -0.4 is 11.1 Å². The van der Waals surface area contributed by atoms with Crippen molar-refractivity contribution in [3.05, 3.63) is 27.7 Å². The van der Waals surface area contributed by atoms with E-state index in [0.29, 0.717) is 28.8 Å². The van der Waals surface area contributed by atoms with Crippen LogP contribution in [-0.4, -0.2) is 25.7 Å². The van der Waals surface area contributed by atoms with Crippen molar-refractivity contribution in [3.63, 3.8) is 0 Å². The summed E-state index contributed by atoms with van der Waals surface area (Å²) in [7, 11) is 1.61. The number of carbonyl (C=O) groups is 1. The molecule has 0 aliphatic carbocycles. The van der Waals surface area contributed by atoms with E-state index in [4.69, 9.17) is 33.7 Å². The zero-order chi connectivity index (χ0) is 14.4. The van der Waals surface area contributed by atoms with Crippen molar-refractivity contribution < 1.29 is 9.53 Å². The van der Waals surface area contributed by atoms with Crippen LogP contribution in [0.4, 0.5) is 5.69 Å². The number of carbonyl (C=O) groups excluding carboxylic acids is 1. The molecule has 0 radical (unpaired) electrons. The molecule has 19 heavy (non-hydrogen) atoms. The second-order valence-electron chi connectivity index (χ2n) is 4.31. The van der Waals surface area contributed by atoms with Gasteiger partial charge in [-0.2, -0.15) is 0 Å². The van der Waals surface area contributed by atoms with Crippen molar-refractivity contribution in [2.75, 3.05) is 19.0 Å². The number of halogens is 2. The van der Waals surface area contributed by atoms with Crippen molar-refractivity contribution in [1.29, 1.82) is 0 Å². The van der Waals surface area contributed by atoms with E-state index in [1.165, 1.54) is 0 Å². The molecule has 0 aliphatic rings. The van der Waals surface area contributed by atoms with Crippen LogP contribution in [0.25, 0.3) is 0 Å². The lowest BCUT2D eigenvalue weighted by Gasteiger charge is -2.14. The molecule has 6 heteroatoms. The maximum Gasteiger partial charge on any atom is 0.241 e. The molecule has 0 bridgehead atoms. The molecule has 0 aliphatic heterocycles. The number of ether oxygens (including phenoxy) is 1. The summed E-state index contributed by atoms with van der Waals surface area (Å²) < 4.78 is 4.91. The van der Waals surface area contributed by atoms with Crippen LogP contribution in [0.15, 0.2) is 12.1 Å². The molecular formula is C13H18Cl2N2O2. The van der Waals surface area contributed by atoms with Crippen LogP contribution in [0.1, 0.15) is 18.4 Å². The molecule has 1 atom stereocenters. The van der Waals surface area contributed by atoms with Crippen LogP contribution in [0, 0.1) is 6.92 Å². The summed E-state index contributed by atoms with van der Waals surface area (Å²) in [5.74, 6) is -0.280. The smallest absolute Gasteiger partial charge is 0.241 e. The summed E-state index contributed by atoms with van der Waals surface area (Å²) in [6.07, 6.45) is 1.28. The third-order valence-corrected chi connectivity index (χ3v) is 3.43. The second-order valence-corrected chi connectivity index (χ2v) is 5.13. The number of nitrogens with one attached hydrogen (secondary N) is 1. The third kappa shape index (κ3) is 4.99. The summed E-state index contributed by atoms with van der Waals surface area (Å²) >= 11 is 12.0. The SMILES string of the molecule is COCCCC(N)C(=O)Nc1cc(Cl)c(C)cc1Cl. The Morgan fingerprint density at radius 1 is 1.42 bits per heavy atom. The van der Waals surface area contributed by atoms with E-state index in [9.17, 15) is 4.79 Å². The molecule has 0 fully saturated rings. The fraction of sp³-hybridized carbons (Fsp3) is 0.462. The van der Waals surface area contributed by atoms with E-state index in [1.54, 1.807) is 19.2 Å². The van der Waals surface area contributed by atoms with Gasteiger partial charge in [0.1, 0.15) is 0 Å². The van der Waals surface area contributed by atoms with Crippen LogP contribution in [0.5, 0.6) is 0 Å². The molecule has 4 nitrogen and oxygen atoms in total. The number of rotatable bonds is 6. The number of hydrogen-bond acceptors (Lipinski definition) is 3. The molecule has 1 amide bonds. The first-order chi connectivity index (χ1) is 8.95. The molecule has 1 aromatic rings. The number of nitrogens with two attached hydrogens (primary N) is 1. The summed E-state index contributed by atoms with van der Waals surface area (Å²) in [6, 6.07) is 2.74. The summed E-state index contributed by atoms with van der Waals surface area (Å²) in [4.78, 5) is 11.9. The van der Waals surface area contributed by atoms with Gasteiger partial charge in [-0.15, -0.1) is 0 Å². The number of amides is 1. The molecule has 1 rings (SSSR count). The number of aryl methyl sites for hydroxylation is 1. The van der Waals surface area contributed by atoms with E-state index in [-0.39, 0.29) is 5.91 Å². The van der Waals surface area contributed by atoms with Gasteiger partial charge in [-0.25, -0.2) is 0 Å². The predicted octanol–water partition coefficient (Wildman–Crippen LogP) is 2.99. The highest BCUT2D eigenvalue weighted by molar-refractivity contribution is 6.36. The van der Waals surface area contributed by atoms with E-state index >= 15 is 0 Å². The maximum atomic E-state index is 11.9. The molecule has 0 saturated heterocycles. The van der Waals surface area contributed by atoms with Crippen LogP contribution >= 0.6 is 23.2 Å². The number of methoxy groups -OCH3 is 1. The Morgan fingerprint density at radius 2 is 2.11 bits per heavy atom. The van der Waals surface area contributed by atoms with Gasteiger partial charge >= 0.3 is 0 Å². The monoisotopic (exact) mass is 304 g/mol. The molecule has 0 spiro atoms. The highest BCUT2D eigenvalue weighted by atomic mass is 35.5. The van der Waals surface area contributed by atoms with Gasteiger partial charge in [-0.3, -0.25) is 4.79 Å². The zero-order valence-corrected chi connectivity index (χ0v) is 12.5. The zero-order valence-electron chi connectivity index (χ0n) is 11.0. The van der Waals surface area contributed by atoms with Gasteiger partial charge in [0.15, 0.2) is 0 Å². The predicted molar refractivity (Wildman–Crippen MR) is 78.9 cm³/mol. The Bertz CT molecular complexity index is 453. The van der Waals surface area contributed by atoms with Gasteiger partial charge in [0, 0.05) is 18.7 Å². The Morgan fingerprint density at radius 3 is 2.74 bits per heavy atom. The van der Waals surface area contributed by atoms with E-state index in [1.807, 2.05) is 6.92 Å². The lowest BCUT2D eigenvalue weighted by Crippen LogP contribution is -2.35. The highest BCUT2D eigenvalue weighted by Gasteiger charge is 2.15. The summed E-state index contributed by atoms with van der Waals surface area (Å²) in [6.45, 7) is 2.42. The lowest BCUT2D eigenvalue weighted by atomic mass is 10.1. The van der Waals surface area contributed by atoms with Crippen molar-refractivity contribution in [3.8, 4) is 0 Å². The lowest BCUT2D eigenvalue weighted by molar-refractivity contribution is -0.117. The minimum Gasteiger partial charge on any atom is -0.385 e. The standard InChI is InChI=1S/C13H18Cl2N2O2/c1-8-6-10(15)12(7-9(8)14)17-13(18)11(16)4-3-5-19-2/h6-7,11H,3-5,16H2,1-2H3,(H,17,18). The van der Waals surface area contributed by atoms with Crippen LogP contribution in [0.3, 0.4) is 0 Å². The molecule has 1 unspecified atom stereocenters. The van der Waals surface area contributed by atoms with E-state index in [2.05, 4.69) is 5.32 Å². The van der Waals surface area contributed by atoms with Crippen molar-refractivity contribution in [1.82, 2.24) is 0 Å². The Hall–Kier alpha value is -0.810. The first-order valence-electron chi connectivity index (χ1n) is 5.96. The Balaban J connectivity index is 2.64. The molecule has 3 N–H and O–H groups in total. The van der Waals surface area contributed by atoms with Gasteiger partial charge < -0.3 is 15.8 Å². The molecule has 1 aromatic carbocycles. The average molecular weight is 305 g/mol. The average Bonchev–Trinajstić information content (AvgIpc) is 2.36. The summed E-state index contributed by atoms with van der Waals surface area (Å²) in [5, 5.41) is 3.68. The minimum atomic E-state index is -0.591. The molecule has 0 aromatic heterocycles. The van der Waals surface area contributed by atoms with Crippen molar-refractivity contribution >= 4 is 34.8 Å². The van der Waals surface area contributed by atoms with E-state index < -0.39 is 6.04 Å². The normalized spacial score (nSPS) is 12.3. The van der Waals surface area contributed by atoms with Gasteiger partial charge in [0.05, 0.1) is 16.8 Å². The fourth-order valence-corrected chi connectivity index (χ4v) is 1.98. The molecule has 0 heterocycles. The Kier molecular flexibility index (Phi) is 6.58. The number of hydrogen-bond donors (Lipinski definition) is 2. The maximum absolute atomic E-state index is 11.9. The van der Waals surface area contributed by atoms with Gasteiger partial charge in [-0.1, -0.05) is 23.2 Å². The largest absolute Gasteiger partial charge is 0.385 e. The fourth-order valence-electron chi connectivity index (χ4n) is 1.55. The Labute approximate surface area is 123 Å². The minimum absolute atomic E-state index is 0.280. The summed E-state index contributed by atoms with van der Waals surface area (Å²) in [5.41, 5.74) is 7.11. The first-order valence-corrected chi connectivity index (χ1v) is 6.72. The van der Waals surface area contributed by atoms with Gasteiger partial charge in [0.2, 0.25) is 5.91 Å². The third-order valence-electron chi connectivity index (χ3n) is 2.71. The highest BCUT2D eigenvalue weighted by Crippen LogP contribution is 2.28.